The van der Waals surface area contributed by atoms with Gasteiger partial charge in [0.25, 0.3) is 5.91 Å². The maximum absolute atomic E-state index is 12.0. The van der Waals surface area contributed by atoms with Gasteiger partial charge in [-0.15, -0.1) is 0 Å². The third-order valence-corrected chi connectivity index (χ3v) is 2.68. The van der Waals surface area contributed by atoms with Crippen LogP contribution >= 0.6 is 0 Å². The number of benzene rings is 2. The van der Waals surface area contributed by atoms with Gasteiger partial charge >= 0.3 is 0 Å². The number of hydrogen-bond donors (Lipinski definition) is 2. The summed E-state index contributed by atoms with van der Waals surface area (Å²) in [5.41, 5.74) is 1.93. The monoisotopic (exact) mass is 257 g/mol. The molecule has 0 aliphatic heterocycles. The zero-order chi connectivity index (χ0) is 13.7. The summed E-state index contributed by atoms with van der Waals surface area (Å²) in [6.45, 7) is 0.515. The van der Waals surface area contributed by atoms with Crippen molar-refractivity contribution in [2.24, 2.45) is 0 Å². The number of aromatic hydroxyl groups is 1. The molecule has 0 heterocycles. The van der Waals surface area contributed by atoms with E-state index in [1.54, 1.807) is 37.4 Å². The van der Waals surface area contributed by atoms with Crippen molar-refractivity contribution in [2.75, 3.05) is 12.4 Å². The Labute approximate surface area is 111 Å². The fourth-order valence-corrected chi connectivity index (χ4v) is 1.69. The Morgan fingerprint density at radius 1 is 1.16 bits per heavy atom. The van der Waals surface area contributed by atoms with Gasteiger partial charge in [0.2, 0.25) is 0 Å². The van der Waals surface area contributed by atoms with Gasteiger partial charge in [0, 0.05) is 12.7 Å². The number of hydrogen-bond acceptors (Lipinski definition) is 3. The second-order valence-corrected chi connectivity index (χ2v) is 4.10. The van der Waals surface area contributed by atoms with Gasteiger partial charge in [0.15, 0.2) is 0 Å². The summed E-state index contributed by atoms with van der Waals surface area (Å²) in [5.74, 6) is -0.211. The third-order valence-electron chi connectivity index (χ3n) is 2.68. The summed E-state index contributed by atoms with van der Waals surface area (Å²) in [6, 6.07) is 13.7. The highest BCUT2D eigenvalue weighted by Gasteiger charge is 2.08. The first kappa shape index (κ1) is 13.1. The second-order valence-electron chi connectivity index (χ2n) is 4.10. The number of phenolic OH excluding ortho intramolecular Hbond substituents is 1. The van der Waals surface area contributed by atoms with Crippen molar-refractivity contribution in [3.63, 3.8) is 0 Å². The molecule has 0 saturated carbocycles. The van der Waals surface area contributed by atoms with Gasteiger partial charge < -0.3 is 15.2 Å². The molecule has 98 valence electrons. The van der Waals surface area contributed by atoms with E-state index in [0.717, 1.165) is 5.56 Å². The van der Waals surface area contributed by atoms with Crippen LogP contribution in [-0.2, 0) is 11.3 Å². The Bertz CT molecular complexity index is 564. The molecule has 0 bridgehead atoms. The molecule has 0 unspecified atom stereocenters. The number of methoxy groups -OCH3 is 1. The van der Waals surface area contributed by atoms with E-state index in [0.29, 0.717) is 17.9 Å². The predicted octanol–water partition coefficient (Wildman–Crippen LogP) is 2.79. The van der Waals surface area contributed by atoms with Crippen molar-refractivity contribution >= 4 is 11.6 Å². The summed E-state index contributed by atoms with van der Waals surface area (Å²) in [6.07, 6.45) is 0. The SMILES string of the molecule is COCc1ccc(C(=O)Nc2ccccc2O)cc1. The molecule has 2 aromatic rings. The molecule has 0 aliphatic rings. The first-order valence-corrected chi connectivity index (χ1v) is 5.88. The number of ether oxygens (including phenoxy) is 1. The fraction of sp³-hybridized carbons (Fsp3) is 0.133. The van der Waals surface area contributed by atoms with Crippen molar-refractivity contribution in [2.45, 2.75) is 6.61 Å². The molecule has 2 aromatic carbocycles. The molecular formula is C15H15NO3. The number of amides is 1. The Kier molecular flexibility index (Phi) is 4.15. The minimum Gasteiger partial charge on any atom is -0.506 e. The molecule has 0 saturated heterocycles. The van der Waals surface area contributed by atoms with Crippen molar-refractivity contribution in [1.82, 2.24) is 0 Å². The van der Waals surface area contributed by atoms with Crippen LogP contribution in [-0.4, -0.2) is 18.1 Å². The number of carbonyl (C=O) groups excluding carboxylic acids is 1. The number of rotatable bonds is 4. The summed E-state index contributed by atoms with van der Waals surface area (Å²) in [4.78, 5) is 12.0. The van der Waals surface area contributed by atoms with Crippen molar-refractivity contribution in [1.29, 1.82) is 0 Å². The highest BCUT2D eigenvalue weighted by molar-refractivity contribution is 6.04. The zero-order valence-electron chi connectivity index (χ0n) is 10.6. The summed E-state index contributed by atoms with van der Waals surface area (Å²) < 4.78 is 5.01. The van der Waals surface area contributed by atoms with E-state index in [9.17, 15) is 9.90 Å². The topological polar surface area (TPSA) is 58.6 Å². The number of phenols is 1. The Morgan fingerprint density at radius 2 is 1.84 bits per heavy atom. The van der Waals surface area contributed by atoms with E-state index < -0.39 is 0 Å². The Hall–Kier alpha value is -2.33. The maximum atomic E-state index is 12.0. The summed E-state index contributed by atoms with van der Waals surface area (Å²) >= 11 is 0. The van der Waals surface area contributed by atoms with Crippen molar-refractivity contribution in [3.8, 4) is 5.75 Å². The summed E-state index contributed by atoms with van der Waals surface area (Å²) in [5, 5.41) is 12.2. The van der Waals surface area contributed by atoms with Crippen LogP contribution in [0.15, 0.2) is 48.5 Å². The molecule has 1 amide bonds. The maximum Gasteiger partial charge on any atom is 0.255 e. The van der Waals surface area contributed by atoms with Crippen LogP contribution in [0.3, 0.4) is 0 Å². The quantitative estimate of drug-likeness (QED) is 0.828. The lowest BCUT2D eigenvalue weighted by Crippen LogP contribution is -2.11. The van der Waals surface area contributed by atoms with Crippen LogP contribution in [0.2, 0.25) is 0 Å². The Morgan fingerprint density at radius 3 is 2.47 bits per heavy atom. The lowest BCUT2D eigenvalue weighted by molar-refractivity contribution is 0.102. The number of anilines is 1. The van der Waals surface area contributed by atoms with Crippen molar-refractivity contribution < 1.29 is 14.6 Å². The molecule has 0 spiro atoms. The third kappa shape index (κ3) is 3.33. The van der Waals surface area contributed by atoms with E-state index in [2.05, 4.69) is 5.32 Å². The predicted molar refractivity (Wildman–Crippen MR) is 73.2 cm³/mol. The molecular weight excluding hydrogens is 242 g/mol. The smallest absolute Gasteiger partial charge is 0.255 e. The van der Waals surface area contributed by atoms with Crippen LogP contribution in [0.1, 0.15) is 15.9 Å². The van der Waals surface area contributed by atoms with Gasteiger partial charge in [-0.1, -0.05) is 24.3 Å². The lowest BCUT2D eigenvalue weighted by atomic mass is 10.1. The highest BCUT2D eigenvalue weighted by atomic mass is 16.5. The average molecular weight is 257 g/mol. The second kappa shape index (κ2) is 6.02. The molecule has 4 nitrogen and oxygen atoms in total. The van der Waals surface area contributed by atoms with Crippen LogP contribution in [0.4, 0.5) is 5.69 Å². The van der Waals surface area contributed by atoms with E-state index >= 15 is 0 Å². The Balaban J connectivity index is 2.10. The molecule has 0 aromatic heterocycles. The number of para-hydroxylation sites is 2. The average Bonchev–Trinajstić information content (AvgIpc) is 2.42. The van der Waals surface area contributed by atoms with Gasteiger partial charge in [-0.3, -0.25) is 4.79 Å². The minimum absolute atomic E-state index is 0.0480. The molecule has 2 N–H and O–H groups in total. The molecule has 2 rings (SSSR count). The zero-order valence-corrected chi connectivity index (χ0v) is 10.6. The molecule has 4 heteroatoms. The van der Waals surface area contributed by atoms with Crippen LogP contribution in [0, 0.1) is 0 Å². The van der Waals surface area contributed by atoms with Gasteiger partial charge in [0.1, 0.15) is 5.75 Å². The molecule has 0 atom stereocenters. The van der Waals surface area contributed by atoms with E-state index in [1.807, 2.05) is 12.1 Å². The molecule has 19 heavy (non-hydrogen) atoms. The number of carbonyl (C=O) groups is 1. The van der Waals surface area contributed by atoms with Gasteiger partial charge in [0.05, 0.1) is 12.3 Å². The molecule has 0 aliphatic carbocycles. The molecule has 0 radical (unpaired) electrons. The molecule has 0 fully saturated rings. The largest absolute Gasteiger partial charge is 0.506 e. The fourth-order valence-electron chi connectivity index (χ4n) is 1.69. The highest BCUT2D eigenvalue weighted by Crippen LogP contribution is 2.22. The lowest BCUT2D eigenvalue weighted by Gasteiger charge is -2.07. The first-order chi connectivity index (χ1) is 9.20. The van der Waals surface area contributed by atoms with Gasteiger partial charge in [-0.2, -0.15) is 0 Å². The van der Waals surface area contributed by atoms with Crippen molar-refractivity contribution in [3.05, 3.63) is 59.7 Å². The van der Waals surface area contributed by atoms with Crippen LogP contribution in [0.5, 0.6) is 5.75 Å². The minimum atomic E-state index is -0.259. The van der Waals surface area contributed by atoms with Crippen LogP contribution < -0.4 is 5.32 Å². The standard InChI is InChI=1S/C15H15NO3/c1-19-10-11-6-8-12(9-7-11)15(18)16-13-4-2-3-5-14(13)17/h2-9,17H,10H2,1H3,(H,16,18). The van der Waals surface area contributed by atoms with Gasteiger partial charge in [-0.25, -0.2) is 0 Å². The summed E-state index contributed by atoms with van der Waals surface area (Å²) in [7, 11) is 1.62. The van der Waals surface area contributed by atoms with E-state index in [4.69, 9.17) is 4.74 Å². The van der Waals surface area contributed by atoms with Crippen LogP contribution in [0.25, 0.3) is 0 Å². The van der Waals surface area contributed by atoms with Gasteiger partial charge in [-0.05, 0) is 29.8 Å². The van der Waals surface area contributed by atoms with E-state index in [-0.39, 0.29) is 11.7 Å². The first-order valence-electron chi connectivity index (χ1n) is 5.88. The van der Waals surface area contributed by atoms with E-state index in [1.165, 1.54) is 6.07 Å². The normalized spacial score (nSPS) is 10.2. The number of nitrogens with one attached hydrogen (secondary N) is 1.